The van der Waals surface area contributed by atoms with E-state index in [1.54, 1.807) is 10.9 Å². The van der Waals surface area contributed by atoms with Crippen LogP contribution in [0.2, 0.25) is 0 Å². The minimum absolute atomic E-state index is 0.365. The summed E-state index contributed by atoms with van der Waals surface area (Å²) in [6.07, 6.45) is 3.07. The molecule has 0 amide bonds. The Kier molecular flexibility index (Phi) is 5.56. The van der Waals surface area contributed by atoms with E-state index in [4.69, 9.17) is 11.3 Å². The van der Waals surface area contributed by atoms with Crippen LogP contribution in [0.1, 0.15) is 18.1 Å². The number of benzene rings is 2. The third-order valence-electron chi connectivity index (χ3n) is 4.11. The average molecular weight is 373 g/mol. The second kappa shape index (κ2) is 8.23. The summed E-state index contributed by atoms with van der Waals surface area (Å²) >= 11 is 0. The topological polar surface area (TPSA) is 68.7 Å². The van der Waals surface area contributed by atoms with Gasteiger partial charge in [0, 0.05) is 17.3 Å². The second-order valence-electron chi connectivity index (χ2n) is 6.12. The molecule has 3 rings (SSSR count). The first kappa shape index (κ1) is 18.9. The number of ether oxygens (including phenoxy) is 1. The van der Waals surface area contributed by atoms with Gasteiger partial charge in [0.05, 0.1) is 24.6 Å². The molecule has 0 unspecified atom stereocenters. The monoisotopic (exact) mass is 373 g/mol. The van der Waals surface area contributed by atoms with Gasteiger partial charge in [-0.05, 0) is 56.3 Å². The summed E-state index contributed by atoms with van der Waals surface area (Å²) in [4.78, 5) is 14.4. The molecule has 0 spiro atoms. The molecule has 0 atom stereocenters. The molecule has 28 heavy (non-hydrogen) atoms. The minimum atomic E-state index is -1.27. The summed E-state index contributed by atoms with van der Waals surface area (Å²) in [5.41, 5.74) is 3.55. The summed E-state index contributed by atoms with van der Waals surface area (Å²) in [6.45, 7) is 11.6. The molecule has 6 heteroatoms. The molecule has 1 heterocycles. The molecule has 6 nitrogen and oxygen atoms in total. The van der Waals surface area contributed by atoms with Crippen LogP contribution in [0.15, 0.2) is 60.4 Å². The number of aryl methyl sites for hydroxylation is 1. The molecule has 2 aromatic carbocycles. The van der Waals surface area contributed by atoms with Crippen LogP contribution in [0.4, 0.5) is 0 Å². The van der Waals surface area contributed by atoms with Gasteiger partial charge >= 0.3 is 5.97 Å². The van der Waals surface area contributed by atoms with E-state index in [0.717, 1.165) is 22.6 Å². The third kappa shape index (κ3) is 4.10. The second-order valence-corrected chi connectivity index (χ2v) is 6.12. The van der Waals surface area contributed by atoms with Crippen LogP contribution in [0, 0.1) is 13.5 Å². The van der Waals surface area contributed by atoms with Crippen molar-refractivity contribution < 1.29 is 14.6 Å². The number of aliphatic carboxylic acids is 1. The minimum Gasteiger partial charge on any atom is -0.494 e. The highest BCUT2D eigenvalue weighted by atomic mass is 16.5. The highest BCUT2D eigenvalue weighted by Gasteiger charge is 2.14. The van der Waals surface area contributed by atoms with Crippen molar-refractivity contribution in [3.05, 3.63) is 83.0 Å². The van der Waals surface area contributed by atoms with Crippen molar-refractivity contribution in [3.63, 3.8) is 0 Å². The van der Waals surface area contributed by atoms with Gasteiger partial charge in [0.2, 0.25) is 0 Å². The number of hydrogen-bond donors (Lipinski definition) is 1. The van der Waals surface area contributed by atoms with Crippen LogP contribution in [-0.4, -0.2) is 27.5 Å². The number of carboxylic acid groups (broad SMARTS) is 1. The Bertz CT molecular complexity index is 1060. The van der Waals surface area contributed by atoms with Crippen molar-refractivity contribution in [2.75, 3.05) is 6.61 Å². The molecule has 3 aromatic rings. The zero-order valence-electron chi connectivity index (χ0n) is 15.6. The van der Waals surface area contributed by atoms with E-state index in [2.05, 4.69) is 9.94 Å². The molecular formula is C22H19N3O3. The van der Waals surface area contributed by atoms with E-state index in [0.29, 0.717) is 17.9 Å². The van der Waals surface area contributed by atoms with Gasteiger partial charge in [-0.2, -0.15) is 5.10 Å². The van der Waals surface area contributed by atoms with Gasteiger partial charge in [0.1, 0.15) is 5.75 Å². The maximum absolute atomic E-state index is 11.3. The Morgan fingerprint density at radius 3 is 2.46 bits per heavy atom. The first-order valence-corrected chi connectivity index (χ1v) is 8.74. The van der Waals surface area contributed by atoms with E-state index in [-0.39, 0.29) is 5.70 Å². The largest absolute Gasteiger partial charge is 0.494 e. The number of rotatable bonds is 6. The molecule has 0 saturated carbocycles. The van der Waals surface area contributed by atoms with E-state index in [1.807, 2.05) is 62.4 Å². The normalized spacial score (nSPS) is 11.1. The Morgan fingerprint density at radius 2 is 1.89 bits per heavy atom. The molecule has 0 saturated heterocycles. The number of carboxylic acids is 1. The smallest absolute Gasteiger partial charge is 0.333 e. The van der Waals surface area contributed by atoms with Gasteiger partial charge in [-0.1, -0.05) is 17.7 Å². The SMILES string of the molecule is [C-]#[N+]/C(=C/c1cn(-c2ccc(C)cc2)nc1-c1ccc(OCC)cc1)C(=O)O. The molecule has 140 valence electrons. The molecule has 0 bridgehead atoms. The van der Waals surface area contributed by atoms with Crippen LogP contribution in [0.5, 0.6) is 5.75 Å². The number of carbonyl (C=O) groups is 1. The van der Waals surface area contributed by atoms with Crippen molar-refractivity contribution >= 4 is 12.0 Å². The lowest BCUT2D eigenvalue weighted by Gasteiger charge is -2.04. The average Bonchev–Trinajstić information content (AvgIpc) is 3.11. The van der Waals surface area contributed by atoms with Gasteiger partial charge in [-0.25, -0.2) is 9.53 Å². The Balaban J connectivity index is 2.11. The number of hydrogen-bond acceptors (Lipinski definition) is 3. The van der Waals surface area contributed by atoms with Gasteiger partial charge < -0.3 is 9.84 Å². The first-order chi connectivity index (χ1) is 13.5. The van der Waals surface area contributed by atoms with Crippen molar-refractivity contribution in [2.45, 2.75) is 13.8 Å². The lowest BCUT2D eigenvalue weighted by Crippen LogP contribution is -1.95. The van der Waals surface area contributed by atoms with Crippen molar-refractivity contribution in [3.8, 4) is 22.7 Å². The Hall–Kier alpha value is -3.85. The van der Waals surface area contributed by atoms with Gasteiger partial charge in [-0.3, -0.25) is 4.79 Å². The standard InChI is InChI=1S/C22H19N3O3/c1-4-28-19-11-7-16(8-12-19)21-17(13-20(23-3)22(26)27)14-25(24-21)18-9-5-15(2)6-10-18/h5-14H,4H2,1-2H3,(H,26,27)/b20-13+. The van der Waals surface area contributed by atoms with E-state index in [9.17, 15) is 9.90 Å². The Morgan fingerprint density at radius 1 is 1.21 bits per heavy atom. The molecule has 0 aliphatic rings. The van der Waals surface area contributed by atoms with Crippen LogP contribution >= 0.6 is 0 Å². The Labute approximate surface area is 163 Å². The highest BCUT2D eigenvalue weighted by Crippen LogP contribution is 2.28. The molecule has 0 fully saturated rings. The van der Waals surface area contributed by atoms with Gasteiger partial charge in [0.25, 0.3) is 5.70 Å². The maximum Gasteiger partial charge on any atom is 0.333 e. The molecule has 1 N–H and O–H groups in total. The molecule has 0 aliphatic heterocycles. The summed E-state index contributed by atoms with van der Waals surface area (Å²) in [5.74, 6) is -0.524. The van der Waals surface area contributed by atoms with Gasteiger partial charge in [0.15, 0.2) is 0 Å². The molecular weight excluding hydrogens is 354 g/mol. The van der Waals surface area contributed by atoms with E-state index >= 15 is 0 Å². The summed E-state index contributed by atoms with van der Waals surface area (Å²) in [7, 11) is 0. The number of aromatic nitrogens is 2. The summed E-state index contributed by atoms with van der Waals surface area (Å²) in [6, 6.07) is 15.2. The van der Waals surface area contributed by atoms with E-state index in [1.165, 1.54) is 6.08 Å². The lowest BCUT2D eigenvalue weighted by atomic mass is 10.1. The van der Waals surface area contributed by atoms with Crippen LogP contribution in [-0.2, 0) is 4.79 Å². The fourth-order valence-electron chi connectivity index (χ4n) is 2.71. The number of nitrogens with zero attached hydrogens (tertiary/aromatic N) is 3. The summed E-state index contributed by atoms with van der Waals surface area (Å²) in [5, 5.41) is 13.9. The first-order valence-electron chi connectivity index (χ1n) is 8.74. The quantitative estimate of drug-likeness (QED) is 0.507. The predicted molar refractivity (Wildman–Crippen MR) is 107 cm³/mol. The van der Waals surface area contributed by atoms with Crippen molar-refractivity contribution in [1.29, 1.82) is 0 Å². The molecule has 0 aliphatic carbocycles. The van der Waals surface area contributed by atoms with E-state index < -0.39 is 5.97 Å². The van der Waals surface area contributed by atoms with Crippen molar-refractivity contribution in [1.82, 2.24) is 9.78 Å². The molecule has 1 aromatic heterocycles. The van der Waals surface area contributed by atoms with Crippen LogP contribution < -0.4 is 4.74 Å². The summed E-state index contributed by atoms with van der Waals surface area (Å²) < 4.78 is 7.15. The predicted octanol–water partition coefficient (Wildman–Crippen LogP) is 4.59. The zero-order chi connectivity index (χ0) is 20.1. The highest BCUT2D eigenvalue weighted by molar-refractivity contribution is 5.95. The van der Waals surface area contributed by atoms with Gasteiger partial charge in [-0.15, -0.1) is 0 Å². The van der Waals surface area contributed by atoms with Crippen molar-refractivity contribution in [2.24, 2.45) is 0 Å². The third-order valence-corrected chi connectivity index (χ3v) is 4.11. The van der Waals surface area contributed by atoms with Crippen LogP contribution in [0.25, 0.3) is 27.9 Å². The lowest BCUT2D eigenvalue weighted by molar-refractivity contribution is -0.132. The fraction of sp³-hybridized carbons (Fsp3) is 0.136. The maximum atomic E-state index is 11.3. The fourth-order valence-corrected chi connectivity index (χ4v) is 2.71. The van der Waals surface area contributed by atoms with Crippen LogP contribution in [0.3, 0.4) is 0 Å². The zero-order valence-corrected chi connectivity index (χ0v) is 15.6. The molecule has 0 radical (unpaired) electrons.